The van der Waals surface area contributed by atoms with Crippen LogP contribution in [0.1, 0.15) is 11.1 Å². The van der Waals surface area contributed by atoms with Gasteiger partial charge in [-0.1, -0.05) is 40.2 Å². The van der Waals surface area contributed by atoms with E-state index in [1.165, 1.54) is 11.1 Å². The maximum atomic E-state index is 4.71. The van der Waals surface area contributed by atoms with Crippen molar-refractivity contribution in [3.8, 4) is 11.4 Å². The SMILES string of the molecule is Cc1ccccc1-c1nc2c(C)cc(Br)cc2[nH]1. The molecule has 0 atom stereocenters. The van der Waals surface area contributed by atoms with Gasteiger partial charge in [0.2, 0.25) is 0 Å². The summed E-state index contributed by atoms with van der Waals surface area (Å²) < 4.78 is 1.08. The Morgan fingerprint density at radius 2 is 1.83 bits per heavy atom. The molecule has 0 saturated heterocycles. The van der Waals surface area contributed by atoms with Crippen molar-refractivity contribution in [2.45, 2.75) is 13.8 Å². The Bertz CT molecular complexity index is 728. The van der Waals surface area contributed by atoms with E-state index in [1.54, 1.807) is 0 Å². The van der Waals surface area contributed by atoms with E-state index in [-0.39, 0.29) is 0 Å². The molecule has 3 aromatic rings. The molecule has 0 aliphatic rings. The summed E-state index contributed by atoms with van der Waals surface area (Å²) in [7, 11) is 0. The Balaban J connectivity index is 2.26. The first-order valence-electron chi connectivity index (χ1n) is 5.87. The molecule has 0 fully saturated rings. The third-order valence-electron chi connectivity index (χ3n) is 3.14. The predicted octanol–water partition coefficient (Wildman–Crippen LogP) is 4.61. The van der Waals surface area contributed by atoms with E-state index in [1.807, 2.05) is 12.1 Å². The number of nitrogens with one attached hydrogen (secondary N) is 1. The van der Waals surface area contributed by atoms with Crippen LogP contribution in [-0.2, 0) is 0 Å². The molecule has 0 unspecified atom stereocenters. The van der Waals surface area contributed by atoms with Crippen molar-refractivity contribution in [1.29, 1.82) is 0 Å². The third kappa shape index (κ3) is 1.85. The number of halogens is 1. The summed E-state index contributed by atoms with van der Waals surface area (Å²) in [5, 5.41) is 0. The molecule has 0 spiro atoms. The number of rotatable bonds is 1. The molecular formula is C15H13BrN2. The lowest BCUT2D eigenvalue weighted by Gasteiger charge is -2.00. The summed E-state index contributed by atoms with van der Waals surface area (Å²) in [4.78, 5) is 8.10. The van der Waals surface area contributed by atoms with Gasteiger partial charge in [-0.25, -0.2) is 4.98 Å². The fraction of sp³-hybridized carbons (Fsp3) is 0.133. The van der Waals surface area contributed by atoms with Gasteiger partial charge in [0.25, 0.3) is 0 Å². The molecule has 18 heavy (non-hydrogen) atoms. The van der Waals surface area contributed by atoms with Crippen molar-refractivity contribution in [3.05, 3.63) is 52.0 Å². The maximum Gasteiger partial charge on any atom is 0.138 e. The molecule has 2 aromatic carbocycles. The Kier molecular flexibility index (Phi) is 2.71. The van der Waals surface area contributed by atoms with Gasteiger partial charge >= 0.3 is 0 Å². The first-order chi connectivity index (χ1) is 8.65. The molecule has 90 valence electrons. The van der Waals surface area contributed by atoms with Crippen LogP contribution in [0.5, 0.6) is 0 Å². The minimum atomic E-state index is 0.935. The molecule has 1 aromatic heterocycles. The van der Waals surface area contributed by atoms with E-state index < -0.39 is 0 Å². The topological polar surface area (TPSA) is 28.7 Å². The number of imidazole rings is 1. The van der Waals surface area contributed by atoms with E-state index in [2.05, 4.69) is 59.0 Å². The summed E-state index contributed by atoms with van der Waals surface area (Å²) in [6.07, 6.45) is 0. The van der Waals surface area contributed by atoms with E-state index in [4.69, 9.17) is 4.98 Å². The minimum Gasteiger partial charge on any atom is -0.338 e. The molecule has 0 radical (unpaired) electrons. The van der Waals surface area contributed by atoms with Gasteiger partial charge in [-0.15, -0.1) is 0 Å². The van der Waals surface area contributed by atoms with Crippen molar-refractivity contribution in [2.75, 3.05) is 0 Å². The van der Waals surface area contributed by atoms with Crippen LogP contribution in [0.2, 0.25) is 0 Å². The van der Waals surface area contributed by atoms with Gasteiger partial charge in [0.1, 0.15) is 5.82 Å². The highest BCUT2D eigenvalue weighted by Gasteiger charge is 2.09. The van der Waals surface area contributed by atoms with E-state index >= 15 is 0 Å². The van der Waals surface area contributed by atoms with E-state index in [0.29, 0.717) is 0 Å². The van der Waals surface area contributed by atoms with Gasteiger partial charge in [-0.2, -0.15) is 0 Å². The number of hydrogen-bond acceptors (Lipinski definition) is 1. The average Bonchev–Trinajstić information content (AvgIpc) is 2.73. The van der Waals surface area contributed by atoms with Crippen LogP contribution < -0.4 is 0 Å². The molecule has 1 N–H and O–H groups in total. The van der Waals surface area contributed by atoms with E-state index in [9.17, 15) is 0 Å². The lowest BCUT2D eigenvalue weighted by Crippen LogP contribution is -1.84. The Morgan fingerprint density at radius 3 is 2.61 bits per heavy atom. The van der Waals surface area contributed by atoms with Gasteiger partial charge in [-0.05, 0) is 37.1 Å². The van der Waals surface area contributed by atoms with Crippen LogP contribution in [0, 0.1) is 13.8 Å². The van der Waals surface area contributed by atoms with Crippen LogP contribution >= 0.6 is 15.9 Å². The monoisotopic (exact) mass is 300 g/mol. The molecule has 2 nitrogen and oxygen atoms in total. The van der Waals surface area contributed by atoms with Gasteiger partial charge in [0.05, 0.1) is 11.0 Å². The molecule has 0 amide bonds. The van der Waals surface area contributed by atoms with Crippen molar-refractivity contribution in [3.63, 3.8) is 0 Å². The summed E-state index contributed by atoms with van der Waals surface area (Å²) in [5.74, 6) is 0.935. The molecule has 3 rings (SSSR count). The molecular weight excluding hydrogens is 288 g/mol. The lowest BCUT2D eigenvalue weighted by molar-refractivity contribution is 1.30. The zero-order valence-corrected chi connectivity index (χ0v) is 11.9. The normalized spacial score (nSPS) is 11.1. The average molecular weight is 301 g/mol. The van der Waals surface area contributed by atoms with Crippen LogP contribution in [0.4, 0.5) is 0 Å². The number of H-pyrrole nitrogens is 1. The number of aryl methyl sites for hydroxylation is 2. The van der Waals surface area contributed by atoms with Crippen LogP contribution in [0.15, 0.2) is 40.9 Å². The van der Waals surface area contributed by atoms with E-state index in [0.717, 1.165) is 26.9 Å². The molecule has 0 aliphatic carbocycles. The third-order valence-corrected chi connectivity index (χ3v) is 3.60. The Labute approximate surface area is 114 Å². The summed E-state index contributed by atoms with van der Waals surface area (Å²) in [5.41, 5.74) is 5.67. The highest BCUT2D eigenvalue weighted by Crippen LogP contribution is 2.27. The number of nitrogens with zero attached hydrogens (tertiary/aromatic N) is 1. The fourth-order valence-corrected chi connectivity index (χ4v) is 2.78. The number of fused-ring (bicyclic) bond motifs is 1. The fourth-order valence-electron chi connectivity index (χ4n) is 2.21. The zero-order chi connectivity index (χ0) is 12.7. The number of benzene rings is 2. The predicted molar refractivity (Wildman–Crippen MR) is 78.7 cm³/mol. The van der Waals surface area contributed by atoms with Crippen LogP contribution in [0.25, 0.3) is 22.4 Å². The van der Waals surface area contributed by atoms with Gasteiger partial charge < -0.3 is 4.98 Å². The molecule has 3 heteroatoms. The first-order valence-corrected chi connectivity index (χ1v) is 6.66. The van der Waals surface area contributed by atoms with Crippen LogP contribution in [-0.4, -0.2) is 9.97 Å². The van der Waals surface area contributed by atoms with Crippen molar-refractivity contribution >= 4 is 27.0 Å². The zero-order valence-electron chi connectivity index (χ0n) is 10.3. The second-order valence-corrected chi connectivity index (χ2v) is 5.43. The molecule has 0 aliphatic heterocycles. The van der Waals surface area contributed by atoms with Crippen molar-refractivity contribution in [1.82, 2.24) is 9.97 Å². The van der Waals surface area contributed by atoms with Gasteiger partial charge in [0.15, 0.2) is 0 Å². The van der Waals surface area contributed by atoms with Gasteiger partial charge in [-0.3, -0.25) is 0 Å². The summed E-state index contributed by atoms with van der Waals surface area (Å²) >= 11 is 3.52. The number of aromatic nitrogens is 2. The van der Waals surface area contributed by atoms with Crippen LogP contribution in [0.3, 0.4) is 0 Å². The standard InChI is InChI=1S/C15H13BrN2/c1-9-5-3-4-6-12(9)15-17-13-8-11(16)7-10(2)14(13)18-15/h3-8H,1-2H3,(H,17,18). The van der Waals surface area contributed by atoms with Crippen molar-refractivity contribution < 1.29 is 0 Å². The second kappa shape index (κ2) is 4.25. The summed E-state index contributed by atoms with van der Waals surface area (Å²) in [6.45, 7) is 4.18. The molecule has 1 heterocycles. The minimum absolute atomic E-state index is 0.935. The van der Waals surface area contributed by atoms with Gasteiger partial charge in [0, 0.05) is 10.0 Å². The Morgan fingerprint density at radius 1 is 1.06 bits per heavy atom. The smallest absolute Gasteiger partial charge is 0.138 e. The second-order valence-electron chi connectivity index (χ2n) is 4.52. The Hall–Kier alpha value is -1.61. The molecule has 0 bridgehead atoms. The highest BCUT2D eigenvalue weighted by atomic mass is 79.9. The number of aromatic amines is 1. The maximum absolute atomic E-state index is 4.71. The lowest BCUT2D eigenvalue weighted by atomic mass is 10.1. The highest BCUT2D eigenvalue weighted by molar-refractivity contribution is 9.10. The summed E-state index contributed by atoms with van der Waals surface area (Å²) in [6, 6.07) is 12.4. The largest absolute Gasteiger partial charge is 0.338 e. The molecule has 0 saturated carbocycles. The van der Waals surface area contributed by atoms with Crippen molar-refractivity contribution in [2.24, 2.45) is 0 Å². The first kappa shape index (κ1) is 11.5. The quantitative estimate of drug-likeness (QED) is 0.698. The number of hydrogen-bond donors (Lipinski definition) is 1.